The van der Waals surface area contributed by atoms with Crippen molar-refractivity contribution in [1.29, 1.82) is 0 Å². The van der Waals surface area contributed by atoms with Crippen LogP contribution in [-0.2, 0) is 6.42 Å². The summed E-state index contributed by atoms with van der Waals surface area (Å²) in [5, 5.41) is 7.75. The minimum atomic E-state index is -0.257. The van der Waals surface area contributed by atoms with Crippen molar-refractivity contribution >= 4 is 28.6 Å². The lowest BCUT2D eigenvalue weighted by Gasteiger charge is -2.04. The lowest BCUT2D eigenvalue weighted by molar-refractivity contribution is 0.0957. The molecule has 2 heterocycles. The third kappa shape index (κ3) is 3.83. The van der Waals surface area contributed by atoms with Gasteiger partial charge in [-0.3, -0.25) is 4.79 Å². The molecule has 0 saturated heterocycles. The minimum Gasteiger partial charge on any atom is -0.351 e. The van der Waals surface area contributed by atoms with Crippen LogP contribution in [0, 0.1) is 12.7 Å². The molecule has 0 spiro atoms. The fourth-order valence-electron chi connectivity index (χ4n) is 2.21. The summed E-state index contributed by atoms with van der Waals surface area (Å²) in [5.74, 6) is -0.384. The Balaban J connectivity index is 1.62. The SMILES string of the molecule is Cc1nc(-c2ccsc2)sc1C(=O)NCCc1cccc(F)c1. The minimum absolute atomic E-state index is 0.127. The summed E-state index contributed by atoms with van der Waals surface area (Å²) in [6.07, 6.45) is 0.596. The normalized spacial score (nSPS) is 10.7. The summed E-state index contributed by atoms with van der Waals surface area (Å²) in [6, 6.07) is 8.41. The monoisotopic (exact) mass is 346 g/mol. The number of hydrogen-bond donors (Lipinski definition) is 1. The summed E-state index contributed by atoms with van der Waals surface area (Å²) < 4.78 is 13.1. The van der Waals surface area contributed by atoms with E-state index in [-0.39, 0.29) is 11.7 Å². The van der Waals surface area contributed by atoms with E-state index < -0.39 is 0 Å². The number of benzene rings is 1. The number of nitrogens with zero attached hydrogens (tertiary/aromatic N) is 1. The molecule has 0 aliphatic heterocycles. The van der Waals surface area contributed by atoms with Gasteiger partial charge in [0, 0.05) is 17.5 Å². The summed E-state index contributed by atoms with van der Waals surface area (Å²) in [6.45, 7) is 2.31. The van der Waals surface area contributed by atoms with Gasteiger partial charge in [0.15, 0.2) is 0 Å². The lowest BCUT2D eigenvalue weighted by atomic mass is 10.1. The van der Waals surface area contributed by atoms with Crippen molar-refractivity contribution in [3.05, 3.63) is 63.0 Å². The summed E-state index contributed by atoms with van der Waals surface area (Å²) >= 11 is 3.00. The number of nitrogens with one attached hydrogen (secondary N) is 1. The van der Waals surface area contributed by atoms with Crippen LogP contribution in [0.4, 0.5) is 4.39 Å². The Hall–Kier alpha value is -2.05. The van der Waals surface area contributed by atoms with E-state index in [1.807, 2.05) is 29.8 Å². The quantitative estimate of drug-likeness (QED) is 0.749. The van der Waals surface area contributed by atoms with Crippen molar-refractivity contribution in [3.8, 4) is 10.6 Å². The highest BCUT2D eigenvalue weighted by atomic mass is 32.1. The maximum Gasteiger partial charge on any atom is 0.263 e. The third-order valence-corrected chi connectivity index (χ3v) is 5.25. The van der Waals surface area contributed by atoms with Gasteiger partial charge in [-0.05, 0) is 42.5 Å². The Morgan fingerprint density at radius 2 is 2.22 bits per heavy atom. The fourth-order valence-corrected chi connectivity index (χ4v) is 3.90. The molecule has 3 aromatic rings. The van der Waals surface area contributed by atoms with Crippen molar-refractivity contribution < 1.29 is 9.18 Å². The Bertz CT molecular complexity index is 812. The number of thiazole rings is 1. The van der Waals surface area contributed by atoms with Crippen molar-refractivity contribution in [2.24, 2.45) is 0 Å². The number of aryl methyl sites for hydroxylation is 1. The van der Waals surface area contributed by atoms with Gasteiger partial charge in [-0.2, -0.15) is 11.3 Å². The molecule has 3 rings (SSSR count). The molecule has 0 bridgehead atoms. The van der Waals surface area contributed by atoms with Crippen LogP contribution in [0.25, 0.3) is 10.6 Å². The Labute approximate surface area is 141 Å². The van der Waals surface area contributed by atoms with E-state index in [4.69, 9.17) is 0 Å². The van der Waals surface area contributed by atoms with Crippen LogP contribution >= 0.6 is 22.7 Å². The van der Waals surface area contributed by atoms with Crippen LogP contribution in [0.15, 0.2) is 41.1 Å². The third-order valence-electron chi connectivity index (χ3n) is 3.36. The first-order valence-electron chi connectivity index (χ1n) is 7.16. The number of aromatic nitrogens is 1. The van der Waals surface area contributed by atoms with Gasteiger partial charge in [0.25, 0.3) is 5.91 Å². The molecule has 0 unspecified atom stereocenters. The van der Waals surface area contributed by atoms with Crippen molar-refractivity contribution in [2.45, 2.75) is 13.3 Å². The molecular formula is C17H15FN2OS2. The number of carbonyl (C=O) groups excluding carboxylic acids is 1. The zero-order valence-corrected chi connectivity index (χ0v) is 14.1. The zero-order valence-electron chi connectivity index (χ0n) is 12.5. The first-order chi connectivity index (χ1) is 11.1. The van der Waals surface area contributed by atoms with Crippen LogP contribution in [0.2, 0.25) is 0 Å². The Morgan fingerprint density at radius 1 is 1.35 bits per heavy atom. The summed E-state index contributed by atoms with van der Waals surface area (Å²) in [4.78, 5) is 17.4. The van der Waals surface area contributed by atoms with Crippen LogP contribution in [0.1, 0.15) is 20.9 Å². The number of thiophene rings is 1. The van der Waals surface area contributed by atoms with Crippen LogP contribution in [-0.4, -0.2) is 17.4 Å². The van der Waals surface area contributed by atoms with E-state index in [0.717, 1.165) is 21.8 Å². The highest BCUT2D eigenvalue weighted by Crippen LogP contribution is 2.29. The number of amides is 1. The Morgan fingerprint density at radius 3 is 2.96 bits per heavy atom. The molecule has 0 saturated carbocycles. The zero-order chi connectivity index (χ0) is 16.2. The molecule has 0 aliphatic rings. The first-order valence-corrected chi connectivity index (χ1v) is 8.92. The first kappa shape index (κ1) is 15.8. The second-order valence-electron chi connectivity index (χ2n) is 5.08. The highest BCUT2D eigenvalue weighted by molar-refractivity contribution is 7.17. The fraction of sp³-hybridized carbons (Fsp3) is 0.176. The predicted octanol–water partition coefficient (Wildman–Crippen LogP) is 4.29. The topological polar surface area (TPSA) is 42.0 Å². The largest absolute Gasteiger partial charge is 0.351 e. The van der Waals surface area contributed by atoms with E-state index in [0.29, 0.717) is 17.8 Å². The second-order valence-corrected chi connectivity index (χ2v) is 6.86. The molecule has 0 fully saturated rings. The average molecular weight is 346 g/mol. The van der Waals surface area contributed by atoms with E-state index in [1.165, 1.54) is 23.5 Å². The van der Waals surface area contributed by atoms with Gasteiger partial charge in [0.1, 0.15) is 15.7 Å². The van der Waals surface area contributed by atoms with Crippen molar-refractivity contribution in [3.63, 3.8) is 0 Å². The van der Waals surface area contributed by atoms with Gasteiger partial charge in [-0.1, -0.05) is 12.1 Å². The highest BCUT2D eigenvalue weighted by Gasteiger charge is 2.16. The molecule has 6 heteroatoms. The molecule has 118 valence electrons. The second kappa shape index (κ2) is 7.02. The molecule has 23 heavy (non-hydrogen) atoms. The molecule has 0 radical (unpaired) electrons. The molecule has 1 aromatic carbocycles. The maximum absolute atomic E-state index is 13.1. The van der Waals surface area contributed by atoms with Crippen molar-refractivity contribution in [2.75, 3.05) is 6.54 Å². The predicted molar refractivity (Wildman–Crippen MR) is 92.6 cm³/mol. The van der Waals surface area contributed by atoms with Gasteiger partial charge < -0.3 is 5.32 Å². The standard InChI is InChI=1S/C17H15FN2OS2/c1-11-15(23-17(20-11)13-6-8-22-10-13)16(21)19-7-5-12-3-2-4-14(18)9-12/h2-4,6,8-10H,5,7H2,1H3,(H,19,21). The number of halogens is 1. The van der Waals surface area contributed by atoms with Gasteiger partial charge in [0.05, 0.1) is 5.69 Å². The molecule has 1 N–H and O–H groups in total. The van der Waals surface area contributed by atoms with E-state index in [9.17, 15) is 9.18 Å². The van der Waals surface area contributed by atoms with E-state index >= 15 is 0 Å². The van der Waals surface area contributed by atoms with Gasteiger partial charge in [0.2, 0.25) is 0 Å². The molecule has 3 nitrogen and oxygen atoms in total. The smallest absolute Gasteiger partial charge is 0.263 e. The summed E-state index contributed by atoms with van der Waals surface area (Å²) in [7, 11) is 0. The van der Waals surface area contributed by atoms with Gasteiger partial charge >= 0.3 is 0 Å². The van der Waals surface area contributed by atoms with Crippen LogP contribution < -0.4 is 5.32 Å². The van der Waals surface area contributed by atoms with Crippen molar-refractivity contribution in [1.82, 2.24) is 10.3 Å². The molecular weight excluding hydrogens is 331 g/mol. The molecule has 1 amide bonds. The van der Waals surface area contributed by atoms with Crippen LogP contribution in [0.3, 0.4) is 0 Å². The lowest BCUT2D eigenvalue weighted by Crippen LogP contribution is -2.25. The van der Waals surface area contributed by atoms with Gasteiger partial charge in [-0.25, -0.2) is 9.37 Å². The molecule has 0 aliphatic carbocycles. The van der Waals surface area contributed by atoms with Gasteiger partial charge in [-0.15, -0.1) is 11.3 Å². The summed E-state index contributed by atoms with van der Waals surface area (Å²) in [5.41, 5.74) is 2.65. The number of rotatable bonds is 5. The van der Waals surface area contributed by atoms with Crippen LogP contribution in [0.5, 0.6) is 0 Å². The molecule has 2 aromatic heterocycles. The Kier molecular flexibility index (Phi) is 4.83. The van der Waals surface area contributed by atoms with E-state index in [2.05, 4.69) is 10.3 Å². The number of hydrogen-bond acceptors (Lipinski definition) is 4. The number of carbonyl (C=O) groups is 1. The van der Waals surface area contributed by atoms with E-state index in [1.54, 1.807) is 17.4 Å². The average Bonchev–Trinajstić information content (AvgIpc) is 3.16. The molecule has 0 atom stereocenters. The maximum atomic E-state index is 13.1.